The Balaban J connectivity index is 0.00000420. The minimum Gasteiger partial charge on any atom is -0.465 e. The highest BCUT2D eigenvalue weighted by atomic mass is 35.5. The van der Waals surface area contributed by atoms with Crippen molar-refractivity contribution in [3.05, 3.63) is 101 Å². The maximum atomic E-state index is 13.4. The molecule has 1 heterocycles. The molecule has 8 nitrogen and oxygen atoms in total. The van der Waals surface area contributed by atoms with E-state index in [0.717, 1.165) is 11.1 Å². The second-order valence-electron chi connectivity index (χ2n) is 8.95. The number of hydrogen-bond donors (Lipinski definition) is 2. The molecule has 0 aliphatic heterocycles. The molecule has 0 unspecified atom stereocenters. The van der Waals surface area contributed by atoms with Gasteiger partial charge in [-0.3, -0.25) is 24.7 Å². The Morgan fingerprint density at radius 1 is 0.974 bits per heavy atom. The third kappa shape index (κ3) is 6.72. The fourth-order valence-electron chi connectivity index (χ4n) is 4.37. The minimum absolute atomic E-state index is 0. The molecule has 39 heavy (non-hydrogen) atoms. The maximum Gasteiger partial charge on any atom is 0.326 e. The number of ether oxygens (including phenoxy) is 1. The summed E-state index contributed by atoms with van der Waals surface area (Å²) in [4.78, 5) is 40.5. The molecular weight excluding hydrogens is 516 g/mol. The Morgan fingerprint density at radius 3 is 2.31 bits per heavy atom. The predicted molar refractivity (Wildman–Crippen MR) is 155 cm³/mol. The zero-order valence-electron chi connectivity index (χ0n) is 21.8. The fraction of sp³-hybridized carbons (Fsp3) is 0.200. The van der Waals surface area contributed by atoms with Crippen LogP contribution < -0.4 is 10.6 Å². The standard InChI is InChI=1S/C30H30N4O4.ClH/c1-3-38-28(36)19-34(30(37)22-7-5-4-6-8-22)23-14-15-26-24(17-23)25(18-33(26)2)27(35)16-11-20-9-12-21(13-10-20)29(31)32;/h4-10,12-15,17-18H,3,11,16,19H2,1-2H3,(H3,31,32);1H. The summed E-state index contributed by atoms with van der Waals surface area (Å²) in [6.07, 6.45) is 2.62. The molecule has 0 saturated heterocycles. The number of rotatable bonds is 10. The van der Waals surface area contributed by atoms with Crippen molar-refractivity contribution in [2.75, 3.05) is 18.1 Å². The first-order valence-electron chi connectivity index (χ1n) is 12.4. The molecule has 0 atom stereocenters. The number of carbonyl (C=O) groups excluding carboxylic acids is 3. The molecule has 4 aromatic rings. The van der Waals surface area contributed by atoms with Gasteiger partial charge in [0.05, 0.1) is 6.61 Å². The van der Waals surface area contributed by atoms with Crippen molar-refractivity contribution < 1.29 is 19.1 Å². The lowest BCUT2D eigenvalue weighted by atomic mass is 10.0. The Labute approximate surface area is 233 Å². The highest BCUT2D eigenvalue weighted by molar-refractivity contribution is 6.12. The normalized spacial score (nSPS) is 10.5. The molecule has 0 aliphatic carbocycles. The number of amidine groups is 1. The number of Topliss-reactive ketones (excluding diaryl/α,β-unsaturated/α-hetero) is 1. The number of esters is 1. The van der Waals surface area contributed by atoms with Crippen molar-refractivity contribution in [3.63, 3.8) is 0 Å². The van der Waals surface area contributed by atoms with E-state index in [0.29, 0.717) is 34.2 Å². The third-order valence-corrected chi connectivity index (χ3v) is 6.35. The van der Waals surface area contributed by atoms with Crippen molar-refractivity contribution >= 4 is 52.5 Å². The number of carbonyl (C=O) groups is 3. The number of benzene rings is 3. The molecule has 3 aromatic carbocycles. The van der Waals surface area contributed by atoms with E-state index in [4.69, 9.17) is 15.9 Å². The van der Waals surface area contributed by atoms with Crippen LogP contribution in [-0.2, 0) is 23.0 Å². The third-order valence-electron chi connectivity index (χ3n) is 6.35. The van der Waals surface area contributed by atoms with Crippen molar-refractivity contribution in [3.8, 4) is 0 Å². The van der Waals surface area contributed by atoms with Crippen LogP contribution in [0.2, 0.25) is 0 Å². The van der Waals surface area contributed by atoms with E-state index in [1.165, 1.54) is 4.90 Å². The van der Waals surface area contributed by atoms with E-state index in [-0.39, 0.29) is 49.5 Å². The van der Waals surface area contributed by atoms with Crippen LogP contribution in [-0.4, -0.2) is 41.2 Å². The van der Waals surface area contributed by atoms with Crippen LogP contribution >= 0.6 is 12.4 Å². The van der Waals surface area contributed by atoms with Crippen LogP contribution in [0, 0.1) is 5.41 Å². The van der Waals surface area contributed by atoms with Crippen LogP contribution in [0.15, 0.2) is 79.0 Å². The van der Waals surface area contributed by atoms with Crippen LogP contribution in [0.4, 0.5) is 5.69 Å². The van der Waals surface area contributed by atoms with Crippen LogP contribution in [0.5, 0.6) is 0 Å². The number of nitrogen functional groups attached to an aromatic ring is 1. The number of hydrogen-bond acceptors (Lipinski definition) is 5. The molecule has 3 N–H and O–H groups in total. The summed E-state index contributed by atoms with van der Waals surface area (Å²) in [5.74, 6) is -0.885. The van der Waals surface area contributed by atoms with Gasteiger partial charge in [0.15, 0.2) is 5.78 Å². The Bertz CT molecular complexity index is 1500. The molecule has 0 spiro atoms. The zero-order chi connectivity index (χ0) is 27.2. The van der Waals surface area contributed by atoms with Gasteiger partial charge in [-0.05, 0) is 49.2 Å². The lowest BCUT2D eigenvalue weighted by Gasteiger charge is -2.22. The molecule has 1 aromatic heterocycles. The van der Waals surface area contributed by atoms with Gasteiger partial charge in [0.25, 0.3) is 5.91 Å². The fourth-order valence-corrected chi connectivity index (χ4v) is 4.37. The Hall–Kier alpha value is -4.43. The van der Waals surface area contributed by atoms with Crippen molar-refractivity contribution in [1.82, 2.24) is 4.57 Å². The number of nitrogens with two attached hydrogens (primary N) is 1. The first-order chi connectivity index (χ1) is 18.3. The topological polar surface area (TPSA) is 118 Å². The van der Waals surface area contributed by atoms with Gasteiger partial charge in [-0.1, -0.05) is 42.5 Å². The monoisotopic (exact) mass is 546 g/mol. The number of nitrogens with zero attached hydrogens (tertiary/aromatic N) is 2. The van der Waals surface area contributed by atoms with E-state index >= 15 is 0 Å². The van der Waals surface area contributed by atoms with E-state index < -0.39 is 5.97 Å². The van der Waals surface area contributed by atoms with Gasteiger partial charge < -0.3 is 15.0 Å². The lowest BCUT2D eigenvalue weighted by molar-refractivity contribution is -0.141. The molecule has 202 valence electrons. The van der Waals surface area contributed by atoms with Crippen molar-refractivity contribution in [2.45, 2.75) is 19.8 Å². The molecule has 9 heteroatoms. The predicted octanol–water partition coefficient (Wildman–Crippen LogP) is 4.91. The number of fused-ring (bicyclic) bond motifs is 1. The summed E-state index contributed by atoms with van der Waals surface area (Å²) in [5.41, 5.74) is 9.46. The number of aryl methyl sites for hydroxylation is 2. The highest BCUT2D eigenvalue weighted by Crippen LogP contribution is 2.28. The molecule has 4 rings (SSSR count). The SMILES string of the molecule is CCOC(=O)CN(C(=O)c1ccccc1)c1ccc2c(c1)c(C(=O)CCc1ccc(C(=N)N)cc1)cn2C.Cl. The van der Waals surface area contributed by atoms with Gasteiger partial charge in [0, 0.05) is 52.9 Å². The molecule has 0 bridgehead atoms. The lowest BCUT2D eigenvalue weighted by Crippen LogP contribution is -2.36. The van der Waals surface area contributed by atoms with Gasteiger partial charge >= 0.3 is 5.97 Å². The number of amides is 1. The molecule has 1 amide bonds. The van der Waals surface area contributed by atoms with Gasteiger partial charge in [0.1, 0.15) is 12.4 Å². The molecule has 0 aliphatic rings. The van der Waals surface area contributed by atoms with E-state index in [2.05, 4.69) is 0 Å². The second kappa shape index (κ2) is 12.9. The summed E-state index contributed by atoms with van der Waals surface area (Å²) in [6, 6.07) is 21.4. The van der Waals surface area contributed by atoms with E-state index in [1.807, 2.05) is 35.9 Å². The van der Waals surface area contributed by atoms with Crippen LogP contribution in [0.25, 0.3) is 10.9 Å². The number of ketones is 1. The maximum absolute atomic E-state index is 13.4. The summed E-state index contributed by atoms with van der Waals surface area (Å²) in [7, 11) is 1.87. The first-order valence-corrected chi connectivity index (χ1v) is 12.4. The van der Waals surface area contributed by atoms with Crippen LogP contribution in [0.3, 0.4) is 0 Å². The minimum atomic E-state index is -0.517. The quantitative estimate of drug-likeness (QED) is 0.127. The smallest absolute Gasteiger partial charge is 0.326 e. The molecule has 0 saturated carbocycles. The van der Waals surface area contributed by atoms with Gasteiger partial charge in [-0.15, -0.1) is 12.4 Å². The van der Waals surface area contributed by atoms with Crippen LogP contribution in [0.1, 0.15) is 45.2 Å². The highest BCUT2D eigenvalue weighted by Gasteiger charge is 2.23. The van der Waals surface area contributed by atoms with E-state index in [9.17, 15) is 14.4 Å². The Kier molecular flexibility index (Phi) is 9.62. The summed E-state index contributed by atoms with van der Waals surface area (Å²) < 4.78 is 7.00. The first kappa shape index (κ1) is 29.1. The summed E-state index contributed by atoms with van der Waals surface area (Å²) in [5, 5.41) is 8.22. The summed E-state index contributed by atoms with van der Waals surface area (Å²) >= 11 is 0. The second-order valence-corrected chi connectivity index (χ2v) is 8.95. The molecule has 0 radical (unpaired) electrons. The average molecular weight is 547 g/mol. The van der Waals surface area contributed by atoms with E-state index in [1.54, 1.807) is 61.7 Å². The van der Waals surface area contributed by atoms with Crippen molar-refractivity contribution in [2.24, 2.45) is 12.8 Å². The number of aromatic nitrogens is 1. The molecular formula is C30H31ClN4O4. The largest absolute Gasteiger partial charge is 0.465 e. The van der Waals surface area contributed by atoms with Crippen molar-refractivity contribution in [1.29, 1.82) is 5.41 Å². The Morgan fingerprint density at radius 2 is 1.67 bits per heavy atom. The zero-order valence-corrected chi connectivity index (χ0v) is 22.7. The van der Waals surface area contributed by atoms with Gasteiger partial charge in [-0.25, -0.2) is 0 Å². The number of nitrogens with one attached hydrogen (secondary N) is 1. The van der Waals surface area contributed by atoms with Gasteiger partial charge in [-0.2, -0.15) is 0 Å². The summed E-state index contributed by atoms with van der Waals surface area (Å²) in [6.45, 7) is 1.67. The van der Waals surface area contributed by atoms with Gasteiger partial charge in [0.2, 0.25) is 0 Å². The average Bonchev–Trinajstić information content (AvgIpc) is 3.26. The number of halogens is 1. The number of anilines is 1. The molecule has 0 fully saturated rings.